The average Bonchev–Trinajstić information content (AvgIpc) is 2.39. The Bertz CT molecular complexity index is 368. The largest absolute Gasteiger partial charge is 0.317 e. The van der Waals surface area contributed by atoms with Crippen molar-refractivity contribution in [2.45, 2.75) is 25.7 Å². The minimum absolute atomic E-state index is 0.298. The normalized spacial score (nSPS) is 17.0. The molecule has 1 aliphatic rings. The maximum Gasteiger partial charge on any atom is 0.136 e. The lowest BCUT2D eigenvalue weighted by atomic mass is 9.90. The molecule has 0 saturated carbocycles. The molecular formula is C14H18BrNO. The second-order valence-corrected chi connectivity index (χ2v) is 5.53. The summed E-state index contributed by atoms with van der Waals surface area (Å²) in [7, 11) is 0. The van der Waals surface area contributed by atoms with Crippen molar-refractivity contribution in [3.63, 3.8) is 0 Å². The number of hydrogen-bond acceptors (Lipinski definition) is 2. The lowest BCUT2D eigenvalue weighted by Gasteiger charge is -2.21. The average molecular weight is 296 g/mol. The van der Waals surface area contributed by atoms with E-state index < -0.39 is 0 Å². The zero-order chi connectivity index (χ0) is 12.1. The van der Waals surface area contributed by atoms with Crippen molar-refractivity contribution in [3.05, 3.63) is 34.3 Å². The molecule has 1 fully saturated rings. The van der Waals surface area contributed by atoms with Crippen LogP contribution in [0.4, 0.5) is 0 Å². The lowest BCUT2D eigenvalue weighted by Crippen LogP contribution is -2.31. The Labute approximate surface area is 111 Å². The first-order valence-electron chi connectivity index (χ1n) is 6.23. The molecule has 0 aromatic heterocycles. The quantitative estimate of drug-likeness (QED) is 0.925. The SMILES string of the molecule is O=C(CCc1ccc(Br)cc1)C1CCNCC1. The van der Waals surface area contributed by atoms with Gasteiger partial charge in [0.05, 0.1) is 0 Å². The van der Waals surface area contributed by atoms with Crippen LogP contribution in [0.15, 0.2) is 28.7 Å². The van der Waals surface area contributed by atoms with Gasteiger partial charge in [0, 0.05) is 16.8 Å². The zero-order valence-electron chi connectivity index (χ0n) is 9.92. The Morgan fingerprint density at radius 2 is 1.88 bits per heavy atom. The first kappa shape index (κ1) is 12.8. The van der Waals surface area contributed by atoms with Crippen LogP contribution in [0.25, 0.3) is 0 Å². The third-order valence-electron chi connectivity index (χ3n) is 3.37. The van der Waals surface area contributed by atoms with Gasteiger partial charge in [0.15, 0.2) is 0 Å². The summed E-state index contributed by atoms with van der Waals surface area (Å²) < 4.78 is 1.09. The molecule has 1 saturated heterocycles. The molecular weight excluding hydrogens is 278 g/mol. The fourth-order valence-corrected chi connectivity index (χ4v) is 2.53. The summed E-state index contributed by atoms with van der Waals surface area (Å²) in [6, 6.07) is 8.23. The van der Waals surface area contributed by atoms with E-state index in [-0.39, 0.29) is 0 Å². The van der Waals surface area contributed by atoms with Crippen LogP contribution in [0.3, 0.4) is 0 Å². The summed E-state index contributed by atoms with van der Waals surface area (Å²) in [5, 5.41) is 3.29. The van der Waals surface area contributed by atoms with Crippen LogP contribution in [0, 0.1) is 5.92 Å². The number of Topliss-reactive ketones (excluding diaryl/α,β-unsaturated/α-hetero) is 1. The van der Waals surface area contributed by atoms with Gasteiger partial charge in [-0.05, 0) is 50.0 Å². The summed E-state index contributed by atoms with van der Waals surface area (Å²) in [4.78, 5) is 12.0. The Morgan fingerprint density at radius 1 is 1.24 bits per heavy atom. The van der Waals surface area contributed by atoms with Gasteiger partial charge < -0.3 is 5.32 Å². The maximum absolute atomic E-state index is 12.0. The van der Waals surface area contributed by atoms with Gasteiger partial charge in [-0.2, -0.15) is 0 Å². The highest BCUT2D eigenvalue weighted by atomic mass is 79.9. The molecule has 0 bridgehead atoms. The number of aryl methyl sites for hydroxylation is 1. The van der Waals surface area contributed by atoms with Crippen LogP contribution >= 0.6 is 15.9 Å². The Hall–Kier alpha value is -0.670. The van der Waals surface area contributed by atoms with Crippen molar-refractivity contribution in [2.75, 3.05) is 13.1 Å². The highest BCUT2D eigenvalue weighted by Crippen LogP contribution is 2.17. The van der Waals surface area contributed by atoms with Gasteiger partial charge in [0.1, 0.15) is 5.78 Å². The second-order valence-electron chi connectivity index (χ2n) is 4.62. The molecule has 92 valence electrons. The smallest absolute Gasteiger partial charge is 0.136 e. The van der Waals surface area contributed by atoms with Crippen LogP contribution in [-0.4, -0.2) is 18.9 Å². The molecule has 0 radical (unpaired) electrons. The summed E-state index contributed by atoms with van der Waals surface area (Å²) in [6.07, 6.45) is 3.58. The van der Waals surface area contributed by atoms with Gasteiger partial charge in [-0.1, -0.05) is 28.1 Å². The monoisotopic (exact) mass is 295 g/mol. The molecule has 1 heterocycles. The molecule has 2 nitrogen and oxygen atoms in total. The third kappa shape index (κ3) is 3.93. The Morgan fingerprint density at radius 3 is 2.53 bits per heavy atom. The Balaban J connectivity index is 1.81. The number of carbonyl (C=O) groups is 1. The number of hydrogen-bond donors (Lipinski definition) is 1. The number of piperidine rings is 1. The van der Waals surface area contributed by atoms with E-state index in [0.29, 0.717) is 18.1 Å². The van der Waals surface area contributed by atoms with Crippen molar-refractivity contribution >= 4 is 21.7 Å². The highest BCUT2D eigenvalue weighted by molar-refractivity contribution is 9.10. The Kier molecular flexibility index (Phi) is 4.75. The molecule has 0 amide bonds. The molecule has 0 unspecified atom stereocenters. The molecule has 1 aromatic rings. The third-order valence-corrected chi connectivity index (χ3v) is 3.90. The van der Waals surface area contributed by atoms with Crippen molar-refractivity contribution < 1.29 is 4.79 Å². The minimum Gasteiger partial charge on any atom is -0.317 e. The molecule has 0 atom stereocenters. The number of benzene rings is 1. The molecule has 1 aromatic carbocycles. The molecule has 0 aliphatic carbocycles. The number of ketones is 1. The number of rotatable bonds is 4. The summed E-state index contributed by atoms with van der Waals surface area (Å²) in [5.41, 5.74) is 1.25. The van der Waals surface area contributed by atoms with Gasteiger partial charge >= 0.3 is 0 Å². The van der Waals surface area contributed by atoms with Crippen LogP contribution in [0.1, 0.15) is 24.8 Å². The van der Waals surface area contributed by atoms with E-state index in [1.807, 2.05) is 12.1 Å². The van der Waals surface area contributed by atoms with Crippen LogP contribution in [-0.2, 0) is 11.2 Å². The zero-order valence-corrected chi connectivity index (χ0v) is 11.5. The molecule has 1 aliphatic heterocycles. The van der Waals surface area contributed by atoms with Gasteiger partial charge in [-0.25, -0.2) is 0 Å². The summed E-state index contributed by atoms with van der Waals surface area (Å²) in [5.74, 6) is 0.737. The van der Waals surface area contributed by atoms with Gasteiger partial charge in [0.25, 0.3) is 0 Å². The van der Waals surface area contributed by atoms with Crippen molar-refractivity contribution in [1.82, 2.24) is 5.32 Å². The second kappa shape index (κ2) is 6.31. The number of halogens is 1. The van der Waals surface area contributed by atoms with E-state index in [0.717, 1.165) is 36.8 Å². The van der Waals surface area contributed by atoms with E-state index in [4.69, 9.17) is 0 Å². The minimum atomic E-state index is 0.298. The standard InChI is InChI=1S/C14H18BrNO/c15-13-4-1-11(2-5-13)3-6-14(17)12-7-9-16-10-8-12/h1-2,4-5,12,16H,3,6-10H2. The van der Waals surface area contributed by atoms with Gasteiger partial charge in [-0.15, -0.1) is 0 Å². The predicted molar refractivity (Wildman–Crippen MR) is 73.1 cm³/mol. The fraction of sp³-hybridized carbons (Fsp3) is 0.500. The van der Waals surface area contributed by atoms with Gasteiger partial charge in [0.2, 0.25) is 0 Å². The molecule has 1 N–H and O–H groups in total. The first-order valence-corrected chi connectivity index (χ1v) is 7.03. The van der Waals surface area contributed by atoms with Crippen molar-refractivity contribution in [1.29, 1.82) is 0 Å². The molecule has 0 spiro atoms. The number of carbonyl (C=O) groups excluding carboxylic acids is 1. The van der Waals surface area contributed by atoms with Crippen molar-refractivity contribution in [2.24, 2.45) is 5.92 Å². The molecule has 3 heteroatoms. The lowest BCUT2D eigenvalue weighted by molar-refractivity contribution is -0.123. The highest BCUT2D eigenvalue weighted by Gasteiger charge is 2.20. The van der Waals surface area contributed by atoms with E-state index in [1.165, 1.54) is 5.56 Å². The first-order chi connectivity index (χ1) is 8.25. The van der Waals surface area contributed by atoms with E-state index in [9.17, 15) is 4.79 Å². The fourth-order valence-electron chi connectivity index (χ4n) is 2.27. The van der Waals surface area contributed by atoms with Crippen LogP contribution < -0.4 is 5.32 Å². The predicted octanol–water partition coefficient (Wildman–Crippen LogP) is 2.95. The summed E-state index contributed by atoms with van der Waals surface area (Å²) >= 11 is 3.41. The number of nitrogens with one attached hydrogen (secondary N) is 1. The molecule has 2 rings (SSSR count). The summed E-state index contributed by atoms with van der Waals surface area (Å²) in [6.45, 7) is 1.99. The van der Waals surface area contributed by atoms with E-state index in [1.54, 1.807) is 0 Å². The van der Waals surface area contributed by atoms with E-state index in [2.05, 4.69) is 33.4 Å². The van der Waals surface area contributed by atoms with Crippen LogP contribution in [0.2, 0.25) is 0 Å². The topological polar surface area (TPSA) is 29.1 Å². The molecule has 17 heavy (non-hydrogen) atoms. The van der Waals surface area contributed by atoms with E-state index >= 15 is 0 Å². The van der Waals surface area contributed by atoms with Crippen LogP contribution in [0.5, 0.6) is 0 Å². The van der Waals surface area contributed by atoms with Crippen molar-refractivity contribution in [3.8, 4) is 0 Å². The maximum atomic E-state index is 12.0. The van der Waals surface area contributed by atoms with Gasteiger partial charge in [-0.3, -0.25) is 4.79 Å².